The van der Waals surface area contributed by atoms with Crippen LogP contribution in [0.1, 0.15) is 23.1 Å². The summed E-state index contributed by atoms with van der Waals surface area (Å²) in [5, 5.41) is 3.07. The topological polar surface area (TPSA) is 42.8 Å². The van der Waals surface area contributed by atoms with Gasteiger partial charge in [0, 0.05) is 18.5 Å². The summed E-state index contributed by atoms with van der Waals surface area (Å²) < 4.78 is 5.43. The summed E-state index contributed by atoms with van der Waals surface area (Å²) in [6.45, 7) is 5.39. The Morgan fingerprint density at radius 3 is 2.40 bits per heavy atom. The molecule has 1 aliphatic rings. The second kappa shape index (κ2) is 9.35. The van der Waals surface area contributed by atoms with Gasteiger partial charge < -0.3 is 15.0 Å². The van der Waals surface area contributed by atoms with Gasteiger partial charge in [0.2, 0.25) is 5.91 Å². The van der Waals surface area contributed by atoms with Gasteiger partial charge in [0.1, 0.15) is 19.6 Å². The molecule has 1 aliphatic heterocycles. The quantitative estimate of drug-likeness (QED) is 0.800. The lowest BCUT2D eigenvalue weighted by Crippen LogP contribution is -3.12. The van der Waals surface area contributed by atoms with Crippen molar-refractivity contribution in [2.45, 2.75) is 25.9 Å². The molecule has 0 aromatic heterocycles. The Morgan fingerprint density at radius 2 is 1.64 bits per heavy atom. The molecule has 0 spiro atoms. The van der Waals surface area contributed by atoms with Gasteiger partial charge in [-0.2, -0.15) is 0 Å². The molecule has 132 valence electrons. The third-order valence-electron chi connectivity index (χ3n) is 4.72. The van der Waals surface area contributed by atoms with E-state index in [1.54, 1.807) is 4.90 Å². The zero-order valence-corrected chi connectivity index (χ0v) is 14.7. The van der Waals surface area contributed by atoms with E-state index in [0.29, 0.717) is 13.0 Å². The summed E-state index contributed by atoms with van der Waals surface area (Å²) in [6, 6.07) is 18.6. The van der Waals surface area contributed by atoms with E-state index in [9.17, 15) is 4.79 Å². The Labute approximate surface area is 149 Å². The molecular formula is C21H27N2O2+. The normalized spacial score (nSPS) is 15.0. The van der Waals surface area contributed by atoms with Crippen LogP contribution in [0.25, 0.3) is 0 Å². The minimum Gasteiger partial charge on any atom is -0.370 e. The zero-order valence-electron chi connectivity index (χ0n) is 14.7. The van der Waals surface area contributed by atoms with Crippen molar-refractivity contribution in [3.8, 4) is 0 Å². The van der Waals surface area contributed by atoms with Crippen molar-refractivity contribution in [3.63, 3.8) is 0 Å². The molecule has 2 aromatic rings. The first-order valence-electron chi connectivity index (χ1n) is 9.10. The third-order valence-corrected chi connectivity index (χ3v) is 4.72. The maximum absolute atomic E-state index is 12.2. The van der Waals surface area contributed by atoms with Crippen LogP contribution in [0.4, 0.5) is 0 Å². The fraction of sp³-hybridized carbons (Fsp3) is 0.381. The Balaban J connectivity index is 1.49. The highest BCUT2D eigenvalue weighted by atomic mass is 16.5. The number of carbonyl (C=O) groups is 1. The van der Waals surface area contributed by atoms with Crippen LogP contribution in [0, 0.1) is 0 Å². The monoisotopic (exact) mass is 339 g/mol. The Kier molecular flexibility index (Phi) is 6.60. The van der Waals surface area contributed by atoms with E-state index in [-0.39, 0.29) is 5.91 Å². The lowest BCUT2D eigenvalue weighted by atomic mass is 10.1. The molecule has 0 aliphatic carbocycles. The van der Waals surface area contributed by atoms with Crippen molar-refractivity contribution in [2.24, 2.45) is 0 Å². The van der Waals surface area contributed by atoms with Crippen molar-refractivity contribution >= 4 is 5.91 Å². The van der Waals surface area contributed by atoms with Crippen LogP contribution in [0.5, 0.6) is 0 Å². The van der Waals surface area contributed by atoms with Crippen molar-refractivity contribution in [1.82, 2.24) is 5.32 Å². The summed E-state index contributed by atoms with van der Waals surface area (Å²) in [6.07, 6.45) is 1.31. The van der Waals surface area contributed by atoms with Gasteiger partial charge in [0.25, 0.3) is 0 Å². The summed E-state index contributed by atoms with van der Waals surface area (Å²) in [4.78, 5) is 13.7. The molecule has 1 heterocycles. The number of morpholine rings is 1. The van der Waals surface area contributed by atoms with E-state index >= 15 is 0 Å². The summed E-state index contributed by atoms with van der Waals surface area (Å²) in [5.41, 5.74) is 3.74. The predicted molar refractivity (Wildman–Crippen MR) is 98.3 cm³/mol. The van der Waals surface area contributed by atoms with E-state index < -0.39 is 0 Å². The number of benzene rings is 2. The lowest BCUT2D eigenvalue weighted by Gasteiger charge is -2.24. The molecule has 0 bridgehead atoms. The number of nitrogens with one attached hydrogen (secondary N) is 2. The zero-order chi connectivity index (χ0) is 17.3. The van der Waals surface area contributed by atoms with Crippen LogP contribution in [0.2, 0.25) is 0 Å². The van der Waals surface area contributed by atoms with Crippen LogP contribution in [-0.2, 0) is 29.0 Å². The van der Waals surface area contributed by atoms with Gasteiger partial charge in [0.15, 0.2) is 0 Å². The summed E-state index contributed by atoms with van der Waals surface area (Å²) in [7, 11) is 0. The lowest BCUT2D eigenvalue weighted by molar-refractivity contribution is -0.921. The van der Waals surface area contributed by atoms with Crippen LogP contribution >= 0.6 is 0 Å². The smallest absolute Gasteiger partial charge is 0.220 e. The van der Waals surface area contributed by atoms with Crippen molar-refractivity contribution < 1.29 is 14.4 Å². The molecule has 3 rings (SSSR count). The van der Waals surface area contributed by atoms with Crippen LogP contribution < -0.4 is 10.2 Å². The van der Waals surface area contributed by atoms with Gasteiger partial charge in [-0.05, 0) is 17.5 Å². The van der Waals surface area contributed by atoms with Gasteiger partial charge in [-0.3, -0.25) is 4.79 Å². The molecule has 0 saturated carbocycles. The fourth-order valence-corrected chi connectivity index (χ4v) is 3.19. The number of aryl methyl sites for hydroxylation is 1. The molecule has 1 fully saturated rings. The number of hydrogen-bond acceptors (Lipinski definition) is 2. The summed E-state index contributed by atoms with van der Waals surface area (Å²) in [5.74, 6) is 0.109. The number of ether oxygens (including phenoxy) is 1. The average Bonchev–Trinajstić information content (AvgIpc) is 2.67. The molecule has 4 nitrogen and oxygen atoms in total. The second-order valence-electron chi connectivity index (χ2n) is 6.57. The average molecular weight is 339 g/mol. The van der Waals surface area contributed by atoms with Crippen LogP contribution in [0.3, 0.4) is 0 Å². The SMILES string of the molecule is O=C(CCc1ccccc1)NCc1ccccc1C[NH+]1CCOCC1. The largest absolute Gasteiger partial charge is 0.370 e. The van der Waals surface area contributed by atoms with Crippen molar-refractivity contribution in [3.05, 3.63) is 71.3 Å². The highest BCUT2D eigenvalue weighted by molar-refractivity contribution is 5.76. The number of quaternary nitrogens is 1. The summed E-state index contributed by atoms with van der Waals surface area (Å²) >= 11 is 0. The molecule has 1 amide bonds. The van der Waals surface area contributed by atoms with Gasteiger partial charge in [-0.25, -0.2) is 0 Å². The number of rotatable bonds is 7. The molecule has 0 unspecified atom stereocenters. The van der Waals surface area contributed by atoms with Gasteiger partial charge >= 0.3 is 0 Å². The standard InChI is InChI=1S/C21H26N2O2/c24-21(11-10-18-6-2-1-3-7-18)22-16-19-8-4-5-9-20(19)17-23-12-14-25-15-13-23/h1-9H,10-17H2,(H,22,24)/p+1. The Hall–Kier alpha value is -2.17. The first-order valence-corrected chi connectivity index (χ1v) is 9.10. The predicted octanol–water partition coefficient (Wildman–Crippen LogP) is 1.35. The maximum atomic E-state index is 12.2. The van der Waals surface area contributed by atoms with E-state index in [4.69, 9.17) is 4.74 Å². The van der Waals surface area contributed by atoms with Crippen molar-refractivity contribution in [1.29, 1.82) is 0 Å². The third kappa shape index (κ3) is 5.69. The highest BCUT2D eigenvalue weighted by Crippen LogP contribution is 2.08. The Bertz CT molecular complexity index is 667. The van der Waals surface area contributed by atoms with Gasteiger partial charge in [0.05, 0.1) is 13.2 Å². The minimum atomic E-state index is 0.109. The highest BCUT2D eigenvalue weighted by Gasteiger charge is 2.16. The fourth-order valence-electron chi connectivity index (χ4n) is 3.19. The molecule has 4 heteroatoms. The molecule has 0 atom stereocenters. The van der Waals surface area contributed by atoms with E-state index in [1.807, 2.05) is 24.3 Å². The van der Waals surface area contributed by atoms with E-state index in [1.165, 1.54) is 16.7 Å². The van der Waals surface area contributed by atoms with Gasteiger partial charge in [-0.15, -0.1) is 0 Å². The Morgan fingerprint density at radius 1 is 0.960 bits per heavy atom. The molecule has 2 N–H and O–H groups in total. The molecule has 2 aromatic carbocycles. The molecule has 25 heavy (non-hydrogen) atoms. The molecule has 0 radical (unpaired) electrons. The second-order valence-corrected chi connectivity index (χ2v) is 6.57. The van der Waals surface area contributed by atoms with E-state index in [2.05, 4.69) is 35.6 Å². The van der Waals surface area contributed by atoms with E-state index in [0.717, 1.165) is 39.3 Å². The van der Waals surface area contributed by atoms with Crippen molar-refractivity contribution in [2.75, 3.05) is 26.3 Å². The minimum absolute atomic E-state index is 0.109. The first-order chi connectivity index (χ1) is 12.3. The number of carbonyl (C=O) groups excluding carboxylic acids is 1. The molecular weight excluding hydrogens is 312 g/mol. The van der Waals surface area contributed by atoms with Gasteiger partial charge in [-0.1, -0.05) is 54.6 Å². The number of hydrogen-bond donors (Lipinski definition) is 2. The molecule has 1 saturated heterocycles. The first kappa shape index (κ1) is 17.6. The maximum Gasteiger partial charge on any atom is 0.220 e. The van der Waals surface area contributed by atoms with Crippen LogP contribution in [-0.4, -0.2) is 32.2 Å². The van der Waals surface area contributed by atoms with Crippen LogP contribution in [0.15, 0.2) is 54.6 Å². The number of amides is 1.